The highest BCUT2D eigenvalue weighted by atomic mass is 32.2. The average Bonchev–Trinajstić information content (AvgIpc) is 2.54. The number of halogens is 1. The first-order chi connectivity index (χ1) is 11.3. The van der Waals surface area contributed by atoms with Crippen molar-refractivity contribution in [3.05, 3.63) is 65.5 Å². The van der Waals surface area contributed by atoms with Gasteiger partial charge in [0.1, 0.15) is 5.82 Å². The lowest BCUT2D eigenvalue weighted by molar-refractivity contribution is -0.121. The second kappa shape index (κ2) is 7.57. The number of rotatable bonds is 6. The molecule has 0 heterocycles. The molecular formula is C18H20FNO3S. The Bertz CT molecular complexity index is 816. The molecule has 0 spiro atoms. The van der Waals surface area contributed by atoms with Gasteiger partial charge in [-0.25, -0.2) is 12.8 Å². The van der Waals surface area contributed by atoms with Crippen molar-refractivity contribution in [1.82, 2.24) is 5.32 Å². The number of hydrogen-bond acceptors (Lipinski definition) is 3. The van der Waals surface area contributed by atoms with Gasteiger partial charge in [-0.1, -0.05) is 37.3 Å². The molecule has 128 valence electrons. The van der Waals surface area contributed by atoms with Crippen molar-refractivity contribution >= 4 is 15.7 Å². The van der Waals surface area contributed by atoms with Gasteiger partial charge >= 0.3 is 0 Å². The van der Waals surface area contributed by atoms with Crippen LogP contribution in [0.15, 0.2) is 53.4 Å². The van der Waals surface area contributed by atoms with Gasteiger partial charge < -0.3 is 5.32 Å². The van der Waals surface area contributed by atoms with Crippen molar-refractivity contribution in [2.75, 3.05) is 6.26 Å². The third-order valence-electron chi connectivity index (χ3n) is 3.76. The highest BCUT2D eigenvalue weighted by Crippen LogP contribution is 2.19. The number of amides is 1. The molecule has 0 saturated carbocycles. The maximum atomic E-state index is 13.6. The van der Waals surface area contributed by atoms with E-state index in [1.165, 1.54) is 18.2 Å². The lowest BCUT2D eigenvalue weighted by Crippen LogP contribution is -2.29. The summed E-state index contributed by atoms with van der Waals surface area (Å²) >= 11 is 0. The molecule has 2 rings (SSSR count). The summed E-state index contributed by atoms with van der Waals surface area (Å²) in [6.07, 6.45) is 1.75. The summed E-state index contributed by atoms with van der Waals surface area (Å²) in [5.74, 6) is -0.683. The summed E-state index contributed by atoms with van der Waals surface area (Å²) in [6, 6.07) is 12.3. The Kier molecular flexibility index (Phi) is 5.72. The van der Waals surface area contributed by atoms with E-state index in [9.17, 15) is 17.6 Å². The zero-order valence-electron chi connectivity index (χ0n) is 13.6. The molecule has 0 fully saturated rings. The van der Waals surface area contributed by atoms with Crippen molar-refractivity contribution in [1.29, 1.82) is 0 Å². The maximum Gasteiger partial charge on any atom is 0.225 e. The number of sulfone groups is 1. The molecule has 2 aromatic rings. The Labute approximate surface area is 141 Å². The van der Waals surface area contributed by atoms with Gasteiger partial charge in [0.25, 0.3) is 0 Å². The first-order valence-corrected chi connectivity index (χ1v) is 9.53. The van der Waals surface area contributed by atoms with E-state index in [1.54, 1.807) is 30.3 Å². The number of carbonyl (C=O) groups excluding carboxylic acids is 1. The summed E-state index contributed by atoms with van der Waals surface area (Å²) in [7, 11) is -3.25. The van der Waals surface area contributed by atoms with Gasteiger partial charge in [-0.05, 0) is 35.7 Å². The van der Waals surface area contributed by atoms with E-state index in [0.29, 0.717) is 12.0 Å². The van der Waals surface area contributed by atoms with Crippen LogP contribution in [0.4, 0.5) is 4.39 Å². The molecule has 2 aromatic carbocycles. The highest BCUT2D eigenvalue weighted by molar-refractivity contribution is 7.90. The standard InChI is InChI=1S/C18H20FNO3S/c1-3-17(13-8-10-15(11-9-13)24(2,22)23)20-18(21)12-14-6-4-5-7-16(14)19/h4-11,17H,3,12H2,1-2H3,(H,20,21)/t17-/m1/s1. The summed E-state index contributed by atoms with van der Waals surface area (Å²) in [6.45, 7) is 1.92. The van der Waals surface area contributed by atoms with Gasteiger partial charge in [-0.2, -0.15) is 0 Å². The van der Waals surface area contributed by atoms with Crippen molar-refractivity contribution < 1.29 is 17.6 Å². The van der Waals surface area contributed by atoms with Gasteiger partial charge in [-0.3, -0.25) is 4.79 Å². The molecule has 0 saturated heterocycles. The topological polar surface area (TPSA) is 63.2 Å². The van der Waals surface area contributed by atoms with Crippen molar-refractivity contribution in [3.63, 3.8) is 0 Å². The Morgan fingerprint density at radius 2 is 1.75 bits per heavy atom. The largest absolute Gasteiger partial charge is 0.349 e. The first-order valence-electron chi connectivity index (χ1n) is 7.64. The summed E-state index contributed by atoms with van der Waals surface area (Å²) in [4.78, 5) is 12.4. The van der Waals surface area contributed by atoms with Crippen LogP contribution in [0.5, 0.6) is 0 Å². The second-order valence-electron chi connectivity index (χ2n) is 5.64. The van der Waals surface area contributed by atoms with Crippen LogP contribution in [0, 0.1) is 5.82 Å². The molecule has 24 heavy (non-hydrogen) atoms. The van der Waals surface area contributed by atoms with Gasteiger partial charge in [0, 0.05) is 6.26 Å². The number of carbonyl (C=O) groups is 1. The molecule has 4 nitrogen and oxygen atoms in total. The Hall–Kier alpha value is -2.21. The molecule has 0 aliphatic rings. The predicted octanol–water partition coefficient (Wildman–Crippen LogP) is 3.04. The van der Waals surface area contributed by atoms with Crippen molar-refractivity contribution in [3.8, 4) is 0 Å². The average molecular weight is 349 g/mol. The normalized spacial score (nSPS) is 12.6. The van der Waals surface area contributed by atoms with E-state index in [-0.39, 0.29) is 23.3 Å². The van der Waals surface area contributed by atoms with Crippen LogP contribution in [-0.2, 0) is 21.1 Å². The summed E-state index contributed by atoms with van der Waals surface area (Å²) in [5.41, 5.74) is 1.16. The molecule has 0 aliphatic heterocycles. The molecule has 1 amide bonds. The monoisotopic (exact) mass is 349 g/mol. The van der Waals surface area contributed by atoms with E-state index in [4.69, 9.17) is 0 Å². The van der Waals surface area contributed by atoms with Crippen LogP contribution < -0.4 is 5.32 Å². The van der Waals surface area contributed by atoms with Crippen LogP contribution >= 0.6 is 0 Å². The third-order valence-corrected chi connectivity index (χ3v) is 4.89. The van der Waals surface area contributed by atoms with E-state index >= 15 is 0 Å². The minimum absolute atomic E-state index is 0.0371. The molecule has 0 bridgehead atoms. The minimum atomic E-state index is -3.25. The smallest absolute Gasteiger partial charge is 0.225 e. The number of benzene rings is 2. The SMILES string of the molecule is CC[C@@H](NC(=O)Cc1ccccc1F)c1ccc(S(C)(=O)=O)cc1. The first kappa shape index (κ1) is 18.1. The highest BCUT2D eigenvalue weighted by Gasteiger charge is 2.15. The molecule has 0 aromatic heterocycles. The summed E-state index contributed by atoms with van der Waals surface area (Å²) < 4.78 is 36.6. The van der Waals surface area contributed by atoms with Crippen molar-refractivity contribution in [2.24, 2.45) is 0 Å². The van der Waals surface area contributed by atoms with Gasteiger partial charge in [0.2, 0.25) is 5.91 Å². The fraction of sp³-hybridized carbons (Fsp3) is 0.278. The fourth-order valence-corrected chi connectivity index (χ4v) is 3.06. The molecule has 1 atom stereocenters. The predicted molar refractivity (Wildman–Crippen MR) is 90.8 cm³/mol. The maximum absolute atomic E-state index is 13.6. The Morgan fingerprint density at radius 1 is 1.12 bits per heavy atom. The van der Waals surface area contributed by atoms with E-state index < -0.39 is 15.7 Å². The zero-order valence-corrected chi connectivity index (χ0v) is 14.4. The molecule has 1 N–H and O–H groups in total. The van der Waals surface area contributed by atoms with Gasteiger partial charge in [0.05, 0.1) is 17.4 Å². The summed E-state index contributed by atoms with van der Waals surface area (Å²) in [5, 5.41) is 2.86. The zero-order chi connectivity index (χ0) is 17.7. The quantitative estimate of drug-likeness (QED) is 0.872. The Balaban J connectivity index is 2.09. The molecule has 0 aliphatic carbocycles. The van der Waals surface area contributed by atoms with Gasteiger partial charge in [0.15, 0.2) is 9.84 Å². The van der Waals surface area contributed by atoms with Crippen LogP contribution in [0.3, 0.4) is 0 Å². The molecule has 6 heteroatoms. The van der Waals surface area contributed by atoms with Crippen LogP contribution in [0.25, 0.3) is 0 Å². The number of nitrogens with one attached hydrogen (secondary N) is 1. The van der Waals surface area contributed by atoms with E-state index in [0.717, 1.165) is 11.8 Å². The lowest BCUT2D eigenvalue weighted by atomic mass is 10.0. The third kappa shape index (κ3) is 4.64. The van der Waals surface area contributed by atoms with E-state index in [2.05, 4.69) is 5.32 Å². The van der Waals surface area contributed by atoms with Crippen LogP contribution in [-0.4, -0.2) is 20.6 Å². The second-order valence-corrected chi connectivity index (χ2v) is 7.65. The van der Waals surface area contributed by atoms with Crippen LogP contribution in [0.1, 0.15) is 30.5 Å². The molecule has 0 radical (unpaired) electrons. The molecule has 0 unspecified atom stereocenters. The lowest BCUT2D eigenvalue weighted by Gasteiger charge is -2.18. The van der Waals surface area contributed by atoms with E-state index in [1.807, 2.05) is 6.92 Å². The fourth-order valence-electron chi connectivity index (χ4n) is 2.43. The Morgan fingerprint density at radius 3 is 2.29 bits per heavy atom. The number of hydrogen-bond donors (Lipinski definition) is 1. The van der Waals surface area contributed by atoms with Crippen LogP contribution in [0.2, 0.25) is 0 Å². The van der Waals surface area contributed by atoms with Gasteiger partial charge in [-0.15, -0.1) is 0 Å². The molecular weight excluding hydrogens is 329 g/mol. The minimum Gasteiger partial charge on any atom is -0.349 e. The van der Waals surface area contributed by atoms with Crippen molar-refractivity contribution in [2.45, 2.75) is 30.7 Å².